The Morgan fingerprint density at radius 1 is 1.43 bits per heavy atom. The number of Topliss-reactive ketones (excluding diaryl/α,β-unsaturated/α-hetero) is 1. The SMILES string of the molecule is CCCCCC(=O)CCl.O=C1Nc2ccc(cc2[N+](=O)[O-])CO1. The molecule has 1 amide bonds. The lowest BCUT2D eigenvalue weighted by molar-refractivity contribution is -0.384. The third-order valence-electron chi connectivity index (χ3n) is 3.07. The van der Waals surface area contributed by atoms with Crippen LogP contribution in [0.5, 0.6) is 0 Å². The van der Waals surface area contributed by atoms with Crippen LogP contribution >= 0.6 is 11.6 Å². The van der Waals surface area contributed by atoms with E-state index < -0.39 is 11.0 Å². The maximum absolute atomic E-state index is 10.9. The van der Waals surface area contributed by atoms with Crippen molar-refractivity contribution in [2.45, 2.75) is 39.2 Å². The fourth-order valence-electron chi connectivity index (χ4n) is 1.86. The number of amides is 1. The number of ether oxygens (including phenoxy) is 1. The van der Waals surface area contributed by atoms with E-state index >= 15 is 0 Å². The molecule has 0 aliphatic carbocycles. The second-order valence-corrected chi connectivity index (χ2v) is 5.21. The Balaban J connectivity index is 0.000000257. The minimum absolute atomic E-state index is 0.0486. The first-order valence-electron chi connectivity index (χ1n) is 7.26. The maximum Gasteiger partial charge on any atom is 0.412 e. The zero-order valence-electron chi connectivity index (χ0n) is 12.8. The number of hydrogen-bond acceptors (Lipinski definition) is 5. The molecule has 0 radical (unpaired) electrons. The molecular formula is C15H19ClN2O5. The standard InChI is InChI=1S/C8H6N2O4.C7H13ClO/c11-8-9-6-2-1-5(4-14-8)3-7(6)10(12)13;1-2-3-4-5-7(9)6-8/h1-3H,4H2,(H,9,11);2-6H2,1H3. The average molecular weight is 343 g/mol. The van der Waals surface area contributed by atoms with Crippen LogP contribution in [-0.2, 0) is 16.1 Å². The van der Waals surface area contributed by atoms with Crippen molar-refractivity contribution < 1.29 is 19.2 Å². The highest BCUT2D eigenvalue weighted by molar-refractivity contribution is 6.27. The Hall–Kier alpha value is -2.15. The molecule has 0 unspecified atom stereocenters. The molecule has 23 heavy (non-hydrogen) atoms. The van der Waals surface area contributed by atoms with Crippen molar-refractivity contribution in [1.82, 2.24) is 0 Å². The molecule has 3 rings (SSSR count). The Bertz CT molecular complexity index is 577. The fourth-order valence-corrected chi connectivity index (χ4v) is 1.99. The van der Waals surface area contributed by atoms with E-state index in [0.29, 0.717) is 12.0 Å². The molecule has 2 aliphatic rings. The van der Waals surface area contributed by atoms with Crippen molar-refractivity contribution in [3.63, 3.8) is 0 Å². The lowest BCUT2D eigenvalue weighted by Gasteiger charge is -2.12. The Morgan fingerprint density at radius 2 is 2.17 bits per heavy atom. The minimum Gasteiger partial charge on any atom is -0.444 e. The largest absolute Gasteiger partial charge is 0.444 e. The third-order valence-corrected chi connectivity index (χ3v) is 3.37. The van der Waals surface area contributed by atoms with E-state index in [1.165, 1.54) is 12.1 Å². The van der Waals surface area contributed by atoms with Crippen LogP contribution in [0.4, 0.5) is 16.2 Å². The smallest absolute Gasteiger partial charge is 0.412 e. The number of anilines is 1. The van der Waals surface area contributed by atoms with Crippen LogP contribution in [0.25, 0.3) is 0 Å². The first-order chi connectivity index (χ1) is 11.0. The Kier molecular flexibility index (Phi) is 8.04. The van der Waals surface area contributed by atoms with E-state index in [2.05, 4.69) is 12.2 Å². The number of ketones is 1. The molecule has 0 saturated heterocycles. The number of alkyl halides is 1. The molecule has 0 spiro atoms. The van der Waals surface area contributed by atoms with Crippen LogP contribution in [0.3, 0.4) is 0 Å². The first-order valence-corrected chi connectivity index (χ1v) is 7.80. The zero-order chi connectivity index (χ0) is 17.2. The van der Waals surface area contributed by atoms with E-state index in [-0.39, 0.29) is 29.6 Å². The van der Waals surface area contributed by atoms with E-state index in [1.807, 2.05) is 0 Å². The van der Waals surface area contributed by atoms with Crippen LogP contribution in [0.1, 0.15) is 38.2 Å². The van der Waals surface area contributed by atoms with E-state index in [4.69, 9.17) is 16.3 Å². The van der Waals surface area contributed by atoms with Gasteiger partial charge in [0.15, 0.2) is 0 Å². The van der Waals surface area contributed by atoms with Crippen molar-refractivity contribution in [2.75, 3.05) is 11.2 Å². The summed E-state index contributed by atoms with van der Waals surface area (Å²) in [6.07, 6.45) is 3.30. The molecule has 2 aliphatic heterocycles. The van der Waals surface area contributed by atoms with E-state index in [0.717, 1.165) is 19.3 Å². The van der Waals surface area contributed by atoms with Gasteiger partial charge in [-0.3, -0.25) is 20.2 Å². The second-order valence-electron chi connectivity index (χ2n) is 4.94. The summed E-state index contributed by atoms with van der Waals surface area (Å²) in [4.78, 5) is 31.6. The molecule has 8 heteroatoms. The summed E-state index contributed by atoms with van der Waals surface area (Å²) in [6.45, 7) is 2.16. The van der Waals surface area contributed by atoms with Crippen LogP contribution in [0.15, 0.2) is 18.2 Å². The summed E-state index contributed by atoms with van der Waals surface area (Å²) in [6, 6.07) is 4.55. The molecule has 7 nitrogen and oxygen atoms in total. The van der Waals surface area contributed by atoms with Gasteiger partial charge >= 0.3 is 6.09 Å². The number of fused-ring (bicyclic) bond motifs is 5. The lowest BCUT2D eigenvalue weighted by Crippen LogP contribution is -2.17. The van der Waals surface area contributed by atoms with Crippen molar-refractivity contribution in [3.8, 4) is 0 Å². The molecule has 2 bridgehead atoms. The van der Waals surface area contributed by atoms with E-state index in [9.17, 15) is 19.7 Å². The maximum atomic E-state index is 10.9. The number of hydrogen-bond donors (Lipinski definition) is 1. The molecule has 0 aromatic heterocycles. The predicted molar refractivity (Wildman–Crippen MR) is 86.8 cm³/mol. The normalized spacial score (nSPS) is 12.2. The zero-order valence-corrected chi connectivity index (χ0v) is 13.6. The average Bonchev–Trinajstić information content (AvgIpc) is 2.51. The molecule has 0 atom stereocenters. The van der Waals surface area contributed by atoms with Crippen molar-refractivity contribution in [3.05, 3.63) is 33.9 Å². The lowest BCUT2D eigenvalue weighted by atomic mass is 10.1. The molecular weight excluding hydrogens is 324 g/mol. The minimum atomic E-state index is -0.672. The molecule has 1 aromatic rings. The summed E-state index contributed by atoms with van der Waals surface area (Å²) in [7, 11) is 0. The van der Waals surface area contributed by atoms with Gasteiger partial charge in [-0.25, -0.2) is 4.79 Å². The number of nitrogens with zero attached hydrogens (tertiary/aromatic N) is 1. The van der Waals surface area contributed by atoms with Gasteiger partial charge in [0.05, 0.1) is 10.8 Å². The number of nitrogens with one attached hydrogen (secondary N) is 1. The monoisotopic (exact) mass is 342 g/mol. The number of carbonyl (C=O) groups is 2. The van der Waals surface area contributed by atoms with Crippen LogP contribution < -0.4 is 5.32 Å². The van der Waals surface area contributed by atoms with Gasteiger partial charge in [-0.2, -0.15) is 0 Å². The van der Waals surface area contributed by atoms with Gasteiger partial charge in [0.2, 0.25) is 0 Å². The molecule has 0 saturated carbocycles. The van der Waals surface area contributed by atoms with Gasteiger partial charge < -0.3 is 4.74 Å². The number of nitro benzene ring substituents is 1. The Morgan fingerprint density at radius 3 is 2.78 bits per heavy atom. The fraction of sp³-hybridized carbons (Fsp3) is 0.467. The van der Waals surface area contributed by atoms with Crippen molar-refractivity contribution in [1.29, 1.82) is 0 Å². The highest BCUT2D eigenvalue weighted by atomic mass is 35.5. The molecule has 0 fully saturated rings. The van der Waals surface area contributed by atoms with Crippen LogP contribution in [0, 0.1) is 10.1 Å². The van der Waals surface area contributed by atoms with Gasteiger partial charge in [0, 0.05) is 12.5 Å². The number of unbranched alkanes of at least 4 members (excludes halogenated alkanes) is 2. The van der Waals surface area contributed by atoms with Crippen molar-refractivity contribution >= 4 is 34.9 Å². The van der Waals surface area contributed by atoms with E-state index in [1.54, 1.807) is 6.07 Å². The highest BCUT2D eigenvalue weighted by Gasteiger charge is 2.20. The first kappa shape index (κ1) is 18.9. The van der Waals surface area contributed by atoms with Gasteiger partial charge in [-0.05, 0) is 18.1 Å². The van der Waals surface area contributed by atoms with Gasteiger partial charge in [0.25, 0.3) is 5.69 Å². The quantitative estimate of drug-likeness (QED) is 0.364. The third kappa shape index (κ3) is 6.65. The molecule has 126 valence electrons. The number of nitro groups is 1. The number of carbonyl (C=O) groups excluding carboxylic acids is 2. The van der Waals surface area contributed by atoms with Crippen LogP contribution in [0.2, 0.25) is 0 Å². The highest BCUT2D eigenvalue weighted by Crippen LogP contribution is 2.27. The number of benzene rings is 1. The van der Waals surface area contributed by atoms with Crippen LogP contribution in [-0.4, -0.2) is 22.7 Å². The second kappa shape index (κ2) is 9.78. The summed E-state index contributed by atoms with van der Waals surface area (Å²) in [5.74, 6) is 0.356. The van der Waals surface area contributed by atoms with Gasteiger partial charge in [-0.1, -0.05) is 25.8 Å². The number of rotatable bonds is 6. The molecule has 1 aromatic carbocycles. The predicted octanol–water partition coefficient (Wildman–Crippen LogP) is 4.03. The molecule has 2 heterocycles. The Labute approximate surface area is 139 Å². The summed E-state index contributed by atoms with van der Waals surface area (Å²) >= 11 is 5.28. The van der Waals surface area contributed by atoms with Crippen molar-refractivity contribution in [2.24, 2.45) is 0 Å². The summed E-state index contributed by atoms with van der Waals surface area (Å²) < 4.78 is 4.72. The molecule has 1 N–H and O–H groups in total. The number of halogens is 1. The summed E-state index contributed by atoms with van der Waals surface area (Å²) in [5.41, 5.74) is 0.651. The van der Waals surface area contributed by atoms with Gasteiger partial charge in [-0.15, -0.1) is 11.6 Å². The van der Waals surface area contributed by atoms with Gasteiger partial charge in [0.1, 0.15) is 18.1 Å². The topological polar surface area (TPSA) is 98.5 Å². The summed E-state index contributed by atoms with van der Waals surface area (Å²) in [5, 5.41) is 12.9.